The van der Waals surface area contributed by atoms with Gasteiger partial charge in [-0.25, -0.2) is 4.79 Å². The number of fused-ring (bicyclic) bond motifs is 2. The minimum Gasteiger partial charge on any atom is -0.385 e. The average molecular weight is 374 g/mol. The Morgan fingerprint density at radius 2 is 2.12 bits per heavy atom. The van der Waals surface area contributed by atoms with Crippen molar-refractivity contribution in [1.82, 2.24) is 9.96 Å². The van der Waals surface area contributed by atoms with Crippen molar-refractivity contribution < 1.29 is 26.8 Å². The quantitative estimate of drug-likeness (QED) is 0.379. The van der Waals surface area contributed by atoms with Crippen molar-refractivity contribution in [3.05, 3.63) is 0 Å². The topological polar surface area (TPSA) is 167 Å². The molecule has 25 heavy (non-hydrogen) atoms. The normalized spacial score (nSPS) is 30.0. The molecular weight excluding hydrogens is 356 g/mol. The van der Waals surface area contributed by atoms with Crippen molar-refractivity contribution in [1.29, 1.82) is 0 Å². The number of carbonyl (C=O) groups excluding carboxylic acids is 2. The number of aliphatic imine (C=N–C) groups is 1. The number of carbonyl (C=O) groups is 2. The summed E-state index contributed by atoms with van der Waals surface area (Å²) in [6, 6.07) is -2.59. The van der Waals surface area contributed by atoms with E-state index in [1.165, 1.54) is 4.90 Å². The Kier molecular flexibility index (Phi) is 4.71. The van der Waals surface area contributed by atoms with E-state index in [2.05, 4.69) is 19.5 Å². The third-order valence-electron chi connectivity index (χ3n) is 4.32. The van der Waals surface area contributed by atoms with Crippen molar-refractivity contribution in [2.75, 3.05) is 13.1 Å². The summed E-state index contributed by atoms with van der Waals surface area (Å²) < 4.78 is 34.8. The zero-order valence-electron chi connectivity index (χ0n) is 13.2. The van der Waals surface area contributed by atoms with Gasteiger partial charge >= 0.3 is 16.4 Å². The third kappa shape index (κ3) is 3.77. The van der Waals surface area contributed by atoms with Crippen molar-refractivity contribution in [2.45, 2.75) is 43.8 Å². The van der Waals surface area contributed by atoms with Gasteiger partial charge in [-0.3, -0.25) is 9.35 Å². The van der Waals surface area contributed by atoms with Crippen LogP contribution in [0.25, 0.3) is 0 Å². The van der Waals surface area contributed by atoms with E-state index in [1.807, 2.05) is 0 Å². The number of rotatable bonds is 4. The highest BCUT2D eigenvalue weighted by atomic mass is 32.3. The first-order chi connectivity index (χ1) is 11.8. The van der Waals surface area contributed by atoms with E-state index in [0.29, 0.717) is 30.9 Å². The second-order valence-corrected chi connectivity index (χ2v) is 7.03. The largest absolute Gasteiger partial charge is 0.418 e. The van der Waals surface area contributed by atoms with Gasteiger partial charge in [0.1, 0.15) is 5.84 Å². The molecule has 2 fully saturated rings. The molecule has 3 heterocycles. The van der Waals surface area contributed by atoms with Crippen molar-refractivity contribution in [2.24, 2.45) is 21.0 Å². The molecule has 0 saturated carbocycles. The molecule has 2 bridgehead atoms. The van der Waals surface area contributed by atoms with E-state index in [-0.39, 0.29) is 12.4 Å². The molecule has 3 aliphatic heterocycles. The Morgan fingerprint density at radius 1 is 1.36 bits per heavy atom. The molecule has 3 aliphatic rings. The van der Waals surface area contributed by atoms with Crippen molar-refractivity contribution in [3.63, 3.8) is 0 Å². The molecule has 13 heteroatoms. The van der Waals surface area contributed by atoms with E-state index in [0.717, 1.165) is 6.42 Å². The number of azo groups is 1. The van der Waals surface area contributed by atoms with E-state index >= 15 is 0 Å². The maximum absolute atomic E-state index is 12.3. The lowest BCUT2D eigenvalue weighted by Crippen LogP contribution is -2.48. The van der Waals surface area contributed by atoms with Crippen LogP contribution in [0.5, 0.6) is 0 Å². The van der Waals surface area contributed by atoms with Crippen LogP contribution < -0.4 is 5.73 Å². The van der Waals surface area contributed by atoms with E-state index in [9.17, 15) is 18.0 Å². The number of hydrogen-bond acceptors (Lipinski definition) is 7. The standard InChI is InChI=1S/C12H18N6O6S/c13-10(15-11(19)8-2-1-5-14-16-8)9-4-3-7-6-17(9)12(20)18(7)24-25(21,22)23/h7-9H,1-6H2,(H2,13,15,19)(H,21,22,23)/t7-,8?,9+/m1/s1. The molecule has 0 radical (unpaired) electrons. The molecule has 1 unspecified atom stereocenters. The van der Waals surface area contributed by atoms with Crippen LogP contribution in [0, 0.1) is 0 Å². The highest BCUT2D eigenvalue weighted by molar-refractivity contribution is 7.80. The van der Waals surface area contributed by atoms with E-state index in [4.69, 9.17) is 10.3 Å². The molecule has 3 amide bonds. The number of urea groups is 1. The summed E-state index contributed by atoms with van der Waals surface area (Å²) in [4.78, 5) is 29.5. The SMILES string of the molecule is NC(=NC(=O)C1CCCN=N1)[C@@H]1CC[C@@H]2CN1C(=O)N2OS(=O)(=O)O. The summed E-state index contributed by atoms with van der Waals surface area (Å²) in [6.07, 6.45) is 2.06. The van der Waals surface area contributed by atoms with Crippen molar-refractivity contribution in [3.8, 4) is 0 Å². The average Bonchev–Trinajstić information content (AvgIpc) is 2.79. The summed E-state index contributed by atoms with van der Waals surface area (Å²) in [6.45, 7) is 0.742. The fraction of sp³-hybridized carbons (Fsp3) is 0.750. The number of nitrogens with two attached hydrogens (primary N) is 1. The zero-order valence-corrected chi connectivity index (χ0v) is 14.0. The highest BCUT2D eigenvalue weighted by Gasteiger charge is 2.48. The first-order valence-corrected chi connectivity index (χ1v) is 9.14. The number of amides is 3. The number of hydroxylamine groups is 2. The van der Waals surface area contributed by atoms with Gasteiger partial charge in [0.15, 0.2) is 6.04 Å². The number of nitrogens with zero attached hydrogens (tertiary/aromatic N) is 5. The molecule has 3 rings (SSSR count). The first-order valence-electron chi connectivity index (χ1n) is 7.77. The summed E-state index contributed by atoms with van der Waals surface area (Å²) >= 11 is 0. The number of amidine groups is 1. The van der Waals surface area contributed by atoms with Gasteiger partial charge in [0.05, 0.1) is 18.6 Å². The van der Waals surface area contributed by atoms with Crippen LogP contribution in [0.4, 0.5) is 4.79 Å². The van der Waals surface area contributed by atoms with E-state index < -0.39 is 40.5 Å². The lowest BCUT2D eigenvalue weighted by Gasteiger charge is -2.29. The van der Waals surface area contributed by atoms with Crippen LogP contribution in [-0.4, -0.2) is 71.9 Å². The van der Waals surface area contributed by atoms with Crippen LogP contribution in [0.15, 0.2) is 15.2 Å². The second-order valence-electron chi connectivity index (χ2n) is 6.02. The maximum atomic E-state index is 12.3. The monoisotopic (exact) mass is 374 g/mol. The van der Waals surface area contributed by atoms with Crippen LogP contribution in [0.1, 0.15) is 25.7 Å². The van der Waals surface area contributed by atoms with Gasteiger partial charge < -0.3 is 10.6 Å². The molecule has 0 aromatic heterocycles. The van der Waals surface area contributed by atoms with Gasteiger partial charge in [0.25, 0.3) is 5.91 Å². The summed E-state index contributed by atoms with van der Waals surface area (Å²) in [5.41, 5.74) is 5.91. The maximum Gasteiger partial charge on any atom is 0.418 e. The molecule has 138 valence electrons. The molecule has 2 saturated heterocycles. The lowest BCUT2D eigenvalue weighted by molar-refractivity contribution is -0.119. The molecule has 0 aromatic carbocycles. The molecule has 0 aromatic rings. The Labute approximate surface area is 143 Å². The van der Waals surface area contributed by atoms with E-state index in [1.54, 1.807) is 0 Å². The fourth-order valence-electron chi connectivity index (χ4n) is 3.16. The van der Waals surface area contributed by atoms with Gasteiger partial charge in [-0.1, -0.05) is 0 Å². The number of piperidine rings is 1. The molecule has 3 atom stereocenters. The Hall–Kier alpha value is -2.12. The predicted octanol–water partition coefficient (Wildman–Crippen LogP) is -0.512. The fourth-order valence-corrected chi connectivity index (χ4v) is 3.55. The van der Waals surface area contributed by atoms with Crippen molar-refractivity contribution >= 4 is 28.2 Å². The molecule has 0 spiro atoms. The molecular formula is C12H18N6O6S. The van der Waals surface area contributed by atoms with Crippen LogP contribution in [0.2, 0.25) is 0 Å². The van der Waals surface area contributed by atoms with Gasteiger partial charge in [-0.05, 0) is 25.7 Å². The summed E-state index contributed by atoms with van der Waals surface area (Å²) in [7, 11) is -4.81. The second kappa shape index (κ2) is 6.65. The minimum atomic E-state index is -4.81. The Morgan fingerprint density at radius 3 is 2.76 bits per heavy atom. The number of hydrogen-bond donors (Lipinski definition) is 2. The molecule has 12 nitrogen and oxygen atoms in total. The summed E-state index contributed by atoms with van der Waals surface area (Å²) in [5, 5.41) is 8.28. The molecule has 0 aliphatic carbocycles. The Balaban J connectivity index is 1.72. The third-order valence-corrected chi connectivity index (χ3v) is 4.67. The zero-order chi connectivity index (χ0) is 18.2. The smallest absolute Gasteiger partial charge is 0.385 e. The van der Waals surface area contributed by atoms with Gasteiger partial charge in [-0.15, -0.1) is 4.28 Å². The van der Waals surface area contributed by atoms with Gasteiger partial charge in [-0.2, -0.15) is 28.7 Å². The summed E-state index contributed by atoms with van der Waals surface area (Å²) in [5.74, 6) is -0.549. The van der Waals surface area contributed by atoms with Crippen LogP contribution >= 0.6 is 0 Å². The Bertz CT molecular complexity index is 736. The molecule has 3 N–H and O–H groups in total. The predicted molar refractivity (Wildman–Crippen MR) is 82.8 cm³/mol. The van der Waals surface area contributed by atoms with Gasteiger partial charge in [0.2, 0.25) is 0 Å². The van der Waals surface area contributed by atoms with Gasteiger partial charge in [0, 0.05) is 6.54 Å². The highest BCUT2D eigenvalue weighted by Crippen LogP contribution is 2.30. The lowest BCUT2D eigenvalue weighted by atomic mass is 10.00. The first kappa shape index (κ1) is 17.7. The van der Waals surface area contributed by atoms with Crippen LogP contribution in [-0.2, 0) is 19.5 Å². The minimum absolute atomic E-state index is 0.0359. The van der Waals surface area contributed by atoms with Crippen LogP contribution in [0.3, 0.4) is 0 Å².